The number of rotatable bonds is 4. The summed E-state index contributed by atoms with van der Waals surface area (Å²) in [6.07, 6.45) is 0.549. The number of carbonyl (C=O) groups excluding carboxylic acids is 1. The van der Waals surface area contributed by atoms with Crippen LogP contribution in [0.25, 0.3) is 11.0 Å². The molecular formula is C16H20N2O3. The average Bonchev–Trinajstić information content (AvgIpc) is 2.89. The molecule has 0 bridgehead atoms. The molecule has 5 heteroatoms. The molecule has 1 unspecified atom stereocenters. The fraction of sp³-hybridized carbons (Fsp3) is 0.438. The number of aliphatic hydroxyl groups is 1. The van der Waals surface area contributed by atoms with Crippen molar-refractivity contribution in [2.24, 2.45) is 11.7 Å². The number of hydrogen-bond acceptors (Lipinski definition) is 4. The van der Waals surface area contributed by atoms with Gasteiger partial charge >= 0.3 is 0 Å². The first-order chi connectivity index (χ1) is 10.1. The highest BCUT2D eigenvalue weighted by Gasteiger charge is 2.28. The molecule has 2 aromatic rings. The lowest BCUT2D eigenvalue weighted by Gasteiger charge is -2.32. The number of nitrogens with two attached hydrogens (primary N) is 1. The van der Waals surface area contributed by atoms with Crippen LogP contribution in [0.1, 0.15) is 18.6 Å². The van der Waals surface area contributed by atoms with Crippen LogP contribution < -0.4 is 5.73 Å². The van der Waals surface area contributed by atoms with E-state index >= 15 is 0 Å². The van der Waals surface area contributed by atoms with E-state index in [4.69, 9.17) is 10.2 Å². The molecule has 0 radical (unpaired) electrons. The van der Waals surface area contributed by atoms with Gasteiger partial charge in [-0.1, -0.05) is 18.2 Å². The highest BCUT2D eigenvalue weighted by atomic mass is 16.3. The van der Waals surface area contributed by atoms with E-state index in [0.29, 0.717) is 0 Å². The van der Waals surface area contributed by atoms with Gasteiger partial charge in [0.25, 0.3) is 0 Å². The fourth-order valence-electron chi connectivity index (χ4n) is 2.99. The van der Waals surface area contributed by atoms with Crippen molar-refractivity contribution >= 4 is 16.9 Å². The molecule has 3 rings (SSSR count). The number of amides is 1. The van der Waals surface area contributed by atoms with Crippen molar-refractivity contribution in [1.82, 2.24) is 4.90 Å². The maximum atomic E-state index is 11.0. The number of furan rings is 1. The lowest BCUT2D eigenvalue weighted by Crippen LogP contribution is -2.42. The largest absolute Gasteiger partial charge is 0.460 e. The van der Waals surface area contributed by atoms with Crippen molar-refractivity contribution in [2.75, 3.05) is 13.1 Å². The van der Waals surface area contributed by atoms with E-state index in [2.05, 4.69) is 11.0 Å². The van der Waals surface area contributed by atoms with Crippen LogP contribution in [0.5, 0.6) is 0 Å². The van der Waals surface area contributed by atoms with Crippen LogP contribution in [0, 0.1) is 5.92 Å². The van der Waals surface area contributed by atoms with Gasteiger partial charge in [-0.25, -0.2) is 0 Å². The zero-order valence-electron chi connectivity index (χ0n) is 11.9. The first-order valence-electron chi connectivity index (χ1n) is 7.30. The summed E-state index contributed by atoms with van der Waals surface area (Å²) in [5, 5.41) is 10.8. The van der Waals surface area contributed by atoms with Gasteiger partial charge in [0.2, 0.25) is 5.91 Å². The van der Waals surface area contributed by atoms with Gasteiger partial charge in [0, 0.05) is 5.39 Å². The first-order valence-corrected chi connectivity index (χ1v) is 7.30. The van der Waals surface area contributed by atoms with Crippen LogP contribution in [0.4, 0.5) is 0 Å². The molecule has 5 nitrogen and oxygen atoms in total. The van der Waals surface area contributed by atoms with E-state index < -0.39 is 12.0 Å². The molecule has 1 aromatic heterocycles. The summed E-state index contributed by atoms with van der Waals surface area (Å²) in [5.74, 6) is 0.310. The predicted molar refractivity (Wildman–Crippen MR) is 79.4 cm³/mol. The summed E-state index contributed by atoms with van der Waals surface area (Å²) in [5.41, 5.74) is 6.06. The first kappa shape index (κ1) is 14.1. The average molecular weight is 288 g/mol. The zero-order valence-corrected chi connectivity index (χ0v) is 11.9. The van der Waals surface area contributed by atoms with E-state index in [1.807, 2.05) is 24.3 Å². The minimum atomic E-state index is -1.02. The molecule has 21 heavy (non-hydrogen) atoms. The van der Waals surface area contributed by atoms with E-state index in [9.17, 15) is 9.90 Å². The molecule has 3 N–H and O–H groups in total. The number of carbonyl (C=O) groups is 1. The Morgan fingerprint density at radius 2 is 2.10 bits per heavy atom. The Morgan fingerprint density at radius 3 is 2.76 bits per heavy atom. The number of hydrogen-bond donors (Lipinski definition) is 2. The monoisotopic (exact) mass is 288 g/mol. The highest BCUT2D eigenvalue weighted by Crippen LogP contribution is 2.24. The lowest BCUT2D eigenvalue weighted by atomic mass is 9.91. The van der Waals surface area contributed by atoms with Gasteiger partial charge in [-0.2, -0.15) is 0 Å². The van der Waals surface area contributed by atoms with Crippen LogP contribution in [0.3, 0.4) is 0 Å². The van der Waals surface area contributed by atoms with E-state index in [-0.39, 0.29) is 5.92 Å². The number of piperidine rings is 1. The van der Waals surface area contributed by atoms with Gasteiger partial charge in [0.1, 0.15) is 17.4 Å². The Bertz CT molecular complexity index is 596. The molecule has 1 amide bonds. The topological polar surface area (TPSA) is 79.7 Å². The number of likely N-dealkylation sites (tertiary alicyclic amines) is 1. The van der Waals surface area contributed by atoms with Crippen molar-refractivity contribution in [1.29, 1.82) is 0 Å². The highest BCUT2D eigenvalue weighted by molar-refractivity contribution is 5.79. The number of fused-ring (bicyclic) bond motifs is 1. The standard InChI is InChI=1S/C16H20N2O3/c17-16(20)15(19)11-5-7-18(8-6-11)10-13-9-12-3-1-2-4-14(12)21-13/h1-4,9,11,15,19H,5-8,10H2,(H2,17,20). The van der Waals surface area contributed by atoms with Crippen molar-refractivity contribution in [3.05, 3.63) is 36.1 Å². The van der Waals surface area contributed by atoms with Crippen LogP contribution in [0.15, 0.2) is 34.7 Å². The molecular weight excluding hydrogens is 268 g/mol. The minimum absolute atomic E-state index is 0.0191. The number of primary amides is 1. The van der Waals surface area contributed by atoms with Crippen molar-refractivity contribution in [3.63, 3.8) is 0 Å². The maximum absolute atomic E-state index is 11.0. The lowest BCUT2D eigenvalue weighted by molar-refractivity contribution is -0.129. The van der Waals surface area contributed by atoms with Gasteiger partial charge in [0.15, 0.2) is 0 Å². The molecule has 1 atom stereocenters. The molecule has 2 heterocycles. The molecule has 1 saturated heterocycles. The summed E-state index contributed by atoms with van der Waals surface area (Å²) in [4.78, 5) is 13.3. The van der Waals surface area contributed by atoms with Crippen LogP contribution in [-0.2, 0) is 11.3 Å². The minimum Gasteiger partial charge on any atom is -0.460 e. The SMILES string of the molecule is NC(=O)C(O)C1CCN(Cc2cc3ccccc3o2)CC1. The van der Waals surface area contributed by atoms with Gasteiger partial charge in [-0.15, -0.1) is 0 Å². The second kappa shape index (κ2) is 5.87. The molecule has 0 spiro atoms. The van der Waals surface area contributed by atoms with Crippen molar-refractivity contribution in [2.45, 2.75) is 25.5 Å². The van der Waals surface area contributed by atoms with E-state index in [0.717, 1.165) is 49.2 Å². The van der Waals surface area contributed by atoms with Crippen molar-refractivity contribution in [3.8, 4) is 0 Å². The molecule has 1 aromatic carbocycles. The summed E-state index contributed by atoms with van der Waals surface area (Å²) >= 11 is 0. The Balaban J connectivity index is 1.59. The summed E-state index contributed by atoms with van der Waals surface area (Å²) in [6.45, 7) is 2.44. The van der Waals surface area contributed by atoms with Crippen LogP contribution >= 0.6 is 0 Å². The van der Waals surface area contributed by atoms with Crippen LogP contribution in [-0.4, -0.2) is 35.1 Å². The summed E-state index contributed by atoms with van der Waals surface area (Å²) in [6, 6.07) is 10.0. The third-order valence-electron chi connectivity index (χ3n) is 4.23. The maximum Gasteiger partial charge on any atom is 0.246 e. The molecule has 1 fully saturated rings. The fourth-order valence-corrected chi connectivity index (χ4v) is 2.99. The third kappa shape index (κ3) is 3.09. The Morgan fingerprint density at radius 1 is 1.38 bits per heavy atom. The van der Waals surface area contributed by atoms with Gasteiger partial charge in [-0.3, -0.25) is 9.69 Å². The van der Waals surface area contributed by atoms with Crippen LogP contribution in [0.2, 0.25) is 0 Å². The van der Waals surface area contributed by atoms with E-state index in [1.54, 1.807) is 0 Å². The summed E-state index contributed by atoms with van der Waals surface area (Å²) < 4.78 is 5.82. The second-order valence-corrected chi connectivity index (χ2v) is 5.71. The number of para-hydroxylation sites is 1. The van der Waals surface area contributed by atoms with Gasteiger partial charge < -0.3 is 15.3 Å². The Kier molecular flexibility index (Phi) is 3.94. The summed E-state index contributed by atoms with van der Waals surface area (Å²) in [7, 11) is 0. The predicted octanol–water partition coefficient (Wildman–Crippen LogP) is 1.49. The Labute approximate surface area is 123 Å². The number of benzene rings is 1. The smallest absolute Gasteiger partial charge is 0.246 e. The third-order valence-corrected chi connectivity index (χ3v) is 4.23. The normalized spacial score (nSPS) is 18.9. The molecule has 1 aliphatic rings. The van der Waals surface area contributed by atoms with Crippen molar-refractivity contribution < 1.29 is 14.3 Å². The number of aliphatic hydroxyl groups excluding tert-OH is 1. The zero-order chi connectivity index (χ0) is 14.8. The Hall–Kier alpha value is -1.85. The molecule has 112 valence electrons. The van der Waals surface area contributed by atoms with Gasteiger partial charge in [-0.05, 0) is 44.0 Å². The molecule has 1 aliphatic heterocycles. The second-order valence-electron chi connectivity index (χ2n) is 5.71. The molecule has 0 saturated carbocycles. The number of nitrogens with zero attached hydrogens (tertiary/aromatic N) is 1. The van der Waals surface area contributed by atoms with Gasteiger partial charge in [0.05, 0.1) is 6.54 Å². The molecule has 0 aliphatic carbocycles. The van der Waals surface area contributed by atoms with E-state index in [1.165, 1.54) is 0 Å². The quantitative estimate of drug-likeness (QED) is 0.893.